The largest absolute Gasteiger partial charge is 0.348 e. The summed E-state index contributed by atoms with van der Waals surface area (Å²) in [5.41, 5.74) is 1.60. The Morgan fingerprint density at radius 3 is 2.72 bits per heavy atom. The van der Waals surface area contributed by atoms with Gasteiger partial charge in [0.15, 0.2) is 0 Å². The zero-order valence-electron chi connectivity index (χ0n) is 14.2. The number of carbonyl (C=O) groups excluding carboxylic acids is 1. The van der Waals surface area contributed by atoms with Gasteiger partial charge in [-0.25, -0.2) is 4.39 Å². The van der Waals surface area contributed by atoms with Crippen LogP contribution in [-0.2, 0) is 11.3 Å². The molecule has 1 aliphatic carbocycles. The van der Waals surface area contributed by atoms with E-state index >= 15 is 0 Å². The fraction of sp³-hybridized carbons (Fsp3) is 0.350. The third kappa shape index (κ3) is 5.03. The van der Waals surface area contributed by atoms with E-state index in [2.05, 4.69) is 10.2 Å². The van der Waals surface area contributed by atoms with Gasteiger partial charge >= 0.3 is 0 Å². The molecule has 2 aromatic carbocycles. The SMILES string of the molecule is CC(NC(=O)CN(Cc1ccccc1F)C1CC1)c1cccc(Cl)c1. The second kappa shape index (κ2) is 7.98. The van der Waals surface area contributed by atoms with Gasteiger partial charge < -0.3 is 5.32 Å². The minimum Gasteiger partial charge on any atom is -0.348 e. The van der Waals surface area contributed by atoms with E-state index in [1.54, 1.807) is 12.1 Å². The van der Waals surface area contributed by atoms with Crippen LogP contribution in [0.3, 0.4) is 0 Å². The van der Waals surface area contributed by atoms with E-state index in [4.69, 9.17) is 11.6 Å². The summed E-state index contributed by atoms with van der Waals surface area (Å²) in [6.45, 7) is 2.65. The lowest BCUT2D eigenvalue weighted by Crippen LogP contribution is -2.39. The van der Waals surface area contributed by atoms with Gasteiger partial charge in [0.1, 0.15) is 5.82 Å². The summed E-state index contributed by atoms with van der Waals surface area (Å²) < 4.78 is 13.9. The van der Waals surface area contributed by atoms with Crippen LogP contribution in [0.1, 0.15) is 36.9 Å². The molecule has 3 rings (SSSR count). The Morgan fingerprint density at radius 2 is 2.04 bits per heavy atom. The topological polar surface area (TPSA) is 32.3 Å². The van der Waals surface area contributed by atoms with Crippen LogP contribution in [-0.4, -0.2) is 23.4 Å². The lowest BCUT2D eigenvalue weighted by molar-refractivity contribution is -0.123. The molecule has 1 unspecified atom stereocenters. The zero-order valence-corrected chi connectivity index (χ0v) is 15.0. The molecule has 1 saturated carbocycles. The summed E-state index contributed by atoms with van der Waals surface area (Å²) in [4.78, 5) is 14.5. The van der Waals surface area contributed by atoms with Crippen molar-refractivity contribution in [3.05, 3.63) is 70.5 Å². The molecule has 0 saturated heterocycles. The Balaban J connectivity index is 1.60. The van der Waals surface area contributed by atoms with Crippen molar-refractivity contribution in [1.82, 2.24) is 10.2 Å². The molecule has 1 aliphatic rings. The van der Waals surface area contributed by atoms with Gasteiger partial charge in [-0.1, -0.05) is 41.9 Å². The number of hydrogen-bond acceptors (Lipinski definition) is 2. The Kier molecular flexibility index (Phi) is 5.71. The molecule has 0 spiro atoms. The molecule has 2 aromatic rings. The summed E-state index contributed by atoms with van der Waals surface area (Å²) in [5, 5.41) is 3.65. The van der Waals surface area contributed by atoms with Gasteiger partial charge in [-0.05, 0) is 43.5 Å². The monoisotopic (exact) mass is 360 g/mol. The Morgan fingerprint density at radius 1 is 1.28 bits per heavy atom. The average Bonchev–Trinajstić information content (AvgIpc) is 3.41. The normalized spacial score (nSPS) is 15.2. The number of nitrogens with zero attached hydrogens (tertiary/aromatic N) is 1. The molecule has 1 amide bonds. The third-order valence-corrected chi connectivity index (χ3v) is 4.70. The predicted octanol–water partition coefficient (Wildman–Crippen LogP) is 4.32. The number of hydrogen-bond donors (Lipinski definition) is 1. The predicted molar refractivity (Wildman–Crippen MR) is 97.8 cm³/mol. The van der Waals surface area contributed by atoms with Crippen LogP contribution in [0, 0.1) is 5.82 Å². The molecule has 132 valence electrons. The minimum atomic E-state index is -0.221. The van der Waals surface area contributed by atoms with Crippen molar-refractivity contribution in [2.45, 2.75) is 38.4 Å². The summed E-state index contributed by atoms with van der Waals surface area (Å²) in [6, 6.07) is 14.5. The number of benzene rings is 2. The van der Waals surface area contributed by atoms with Crippen LogP contribution in [0.2, 0.25) is 5.02 Å². The third-order valence-electron chi connectivity index (χ3n) is 4.47. The molecular formula is C20H22ClFN2O. The van der Waals surface area contributed by atoms with E-state index in [1.807, 2.05) is 37.3 Å². The number of rotatable bonds is 7. The second-order valence-corrected chi connectivity index (χ2v) is 7.01. The van der Waals surface area contributed by atoms with E-state index in [9.17, 15) is 9.18 Å². The van der Waals surface area contributed by atoms with Gasteiger partial charge in [0.25, 0.3) is 0 Å². The summed E-state index contributed by atoms with van der Waals surface area (Å²) in [5.74, 6) is -0.281. The lowest BCUT2D eigenvalue weighted by atomic mass is 10.1. The van der Waals surface area contributed by atoms with Crippen molar-refractivity contribution >= 4 is 17.5 Å². The van der Waals surface area contributed by atoms with E-state index in [0.717, 1.165) is 18.4 Å². The van der Waals surface area contributed by atoms with Crippen LogP contribution < -0.4 is 5.32 Å². The minimum absolute atomic E-state index is 0.0595. The first-order chi connectivity index (χ1) is 12.0. The molecule has 5 heteroatoms. The van der Waals surface area contributed by atoms with Crippen molar-refractivity contribution < 1.29 is 9.18 Å². The fourth-order valence-electron chi connectivity index (χ4n) is 2.93. The van der Waals surface area contributed by atoms with Gasteiger partial charge in [0.05, 0.1) is 12.6 Å². The first kappa shape index (κ1) is 17.9. The maximum Gasteiger partial charge on any atom is 0.234 e. The van der Waals surface area contributed by atoms with Crippen LogP contribution in [0.4, 0.5) is 4.39 Å². The van der Waals surface area contributed by atoms with Crippen molar-refractivity contribution in [2.75, 3.05) is 6.54 Å². The molecule has 1 atom stereocenters. The molecule has 0 aliphatic heterocycles. The highest BCUT2D eigenvalue weighted by Gasteiger charge is 2.31. The highest BCUT2D eigenvalue weighted by Crippen LogP contribution is 2.28. The number of nitrogens with one attached hydrogen (secondary N) is 1. The standard InChI is InChI=1S/C20H22ClFN2O/c1-14(15-6-4-7-17(21)11-15)23-20(25)13-24(18-9-10-18)12-16-5-2-3-8-19(16)22/h2-8,11,14,18H,9-10,12-13H2,1H3,(H,23,25). The smallest absolute Gasteiger partial charge is 0.234 e. The van der Waals surface area contributed by atoms with Crippen LogP contribution >= 0.6 is 11.6 Å². The summed E-state index contributed by atoms with van der Waals surface area (Å²) in [6.07, 6.45) is 2.12. The molecule has 1 fully saturated rings. The van der Waals surface area contributed by atoms with Crippen molar-refractivity contribution in [3.63, 3.8) is 0 Å². The Hall–Kier alpha value is -1.91. The number of carbonyl (C=O) groups is 1. The van der Waals surface area contributed by atoms with Gasteiger partial charge in [-0.3, -0.25) is 9.69 Å². The van der Waals surface area contributed by atoms with E-state index in [1.165, 1.54) is 6.07 Å². The maximum absolute atomic E-state index is 13.9. The average molecular weight is 361 g/mol. The first-order valence-electron chi connectivity index (χ1n) is 8.55. The molecular weight excluding hydrogens is 339 g/mol. The van der Waals surface area contributed by atoms with Gasteiger partial charge in [-0.15, -0.1) is 0 Å². The summed E-state index contributed by atoms with van der Waals surface area (Å²) >= 11 is 6.01. The van der Waals surface area contributed by atoms with Crippen LogP contribution in [0.5, 0.6) is 0 Å². The van der Waals surface area contributed by atoms with E-state index in [-0.39, 0.29) is 24.3 Å². The quantitative estimate of drug-likeness (QED) is 0.797. The molecule has 0 bridgehead atoms. The van der Waals surface area contributed by atoms with Crippen molar-refractivity contribution in [2.24, 2.45) is 0 Å². The highest BCUT2D eigenvalue weighted by molar-refractivity contribution is 6.30. The molecule has 1 N–H and O–H groups in total. The van der Waals surface area contributed by atoms with E-state index < -0.39 is 0 Å². The van der Waals surface area contributed by atoms with Crippen molar-refractivity contribution in [1.29, 1.82) is 0 Å². The summed E-state index contributed by atoms with van der Waals surface area (Å²) in [7, 11) is 0. The van der Waals surface area contributed by atoms with E-state index in [0.29, 0.717) is 23.2 Å². The molecule has 3 nitrogen and oxygen atoms in total. The molecule has 0 heterocycles. The number of amides is 1. The highest BCUT2D eigenvalue weighted by atomic mass is 35.5. The lowest BCUT2D eigenvalue weighted by Gasteiger charge is -2.23. The van der Waals surface area contributed by atoms with Crippen LogP contribution in [0.25, 0.3) is 0 Å². The van der Waals surface area contributed by atoms with Gasteiger partial charge in [0, 0.05) is 23.2 Å². The fourth-order valence-corrected chi connectivity index (χ4v) is 3.13. The second-order valence-electron chi connectivity index (χ2n) is 6.57. The zero-order chi connectivity index (χ0) is 17.8. The van der Waals surface area contributed by atoms with Gasteiger partial charge in [0.2, 0.25) is 5.91 Å². The molecule has 0 aromatic heterocycles. The molecule has 0 radical (unpaired) electrons. The Labute approximate surface area is 152 Å². The van der Waals surface area contributed by atoms with Gasteiger partial charge in [-0.2, -0.15) is 0 Å². The number of halogens is 2. The van der Waals surface area contributed by atoms with Crippen LogP contribution in [0.15, 0.2) is 48.5 Å². The Bertz CT molecular complexity index is 748. The molecule has 25 heavy (non-hydrogen) atoms. The maximum atomic E-state index is 13.9. The first-order valence-corrected chi connectivity index (χ1v) is 8.93. The van der Waals surface area contributed by atoms with Crippen molar-refractivity contribution in [3.8, 4) is 0 Å².